The third-order valence-electron chi connectivity index (χ3n) is 10.8. The number of nitrogens with zero attached hydrogens (tertiary/aromatic N) is 1. The lowest BCUT2D eigenvalue weighted by molar-refractivity contribution is 1.28. The number of rotatable bonds is 7. The molecule has 0 aliphatic carbocycles. The van der Waals surface area contributed by atoms with E-state index in [0.717, 1.165) is 22.6 Å². The Balaban J connectivity index is 1.23. The average molecular weight is 700 g/mol. The van der Waals surface area contributed by atoms with Gasteiger partial charge in [-0.3, -0.25) is 0 Å². The topological polar surface area (TPSA) is 3.24 Å². The summed E-state index contributed by atoms with van der Waals surface area (Å²) in [5.41, 5.74) is 12.7. The van der Waals surface area contributed by atoms with Crippen LogP contribution in [0.4, 0.5) is 17.1 Å². The maximum Gasteiger partial charge on any atom is 0.0546 e. The smallest absolute Gasteiger partial charge is 0.0546 e. The number of anilines is 3. The molecule has 0 heterocycles. The van der Waals surface area contributed by atoms with Crippen molar-refractivity contribution in [1.29, 1.82) is 0 Å². The molecule has 10 aromatic rings. The Morgan fingerprint density at radius 2 is 0.745 bits per heavy atom. The highest BCUT2D eigenvalue weighted by atomic mass is 15.1. The van der Waals surface area contributed by atoms with E-state index in [4.69, 9.17) is 0 Å². The average Bonchev–Trinajstić information content (AvgIpc) is 3.27. The summed E-state index contributed by atoms with van der Waals surface area (Å²) in [7, 11) is 0. The molecule has 0 saturated carbocycles. The van der Waals surface area contributed by atoms with E-state index in [1.165, 1.54) is 71.3 Å². The maximum atomic E-state index is 2.44. The van der Waals surface area contributed by atoms with Gasteiger partial charge in [0.1, 0.15) is 0 Å². The lowest BCUT2D eigenvalue weighted by atomic mass is 9.92. The van der Waals surface area contributed by atoms with Gasteiger partial charge in [0.2, 0.25) is 0 Å². The zero-order chi connectivity index (χ0) is 36.6. The van der Waals surface area contributed by atoms with Crippen molar-refractivity contribution < 1.29 is 0 Å². The molecule has 55 heavy (non-hydrogen) atoms. The molecule has 10 aromatic carbocycles. The van der Waals surface area contributed by atoms with Crippen LogP contribution in [0.2, 0.25) is 0 Å². The summed E-state index contributed by atoms with van der Waals surface area (Å²) in [5, 5.41) is 7.57. The van der Waals surface area contributed by atoms with E-state index >= 15 is 0 Å². The van der Waals surface area contributed by atoms with Gasteiger partial charge in [-0.1, -0.05) is 188 Å². The van der Waals surface area contributed by atoms with Gasteiger partial charge < -0.3 is 4.90 Å². The minimum atomic E-state index is 1.09. The standard InChI is InChI=1S/C54H37N/c1-4-13-38(14-5-1)41-29-32-48(33-30-41)55(49-21-12-20-45(35-49)39-15-6-2-7-16-39)53-37-46(40-17-8-3-9-18-40)31-34-50(53)47-28-25-43-24-27-44-26-23-42-19-10-11-22-51(42)54(44)52(43)36-47/h1-37H. The fraction of sp³-hybridized carbons (Fsp3) is 0. The third-order valence-corrected chi connectivity index (χ3v) is 10.8. The van der Waals surface area contributed by atoms with Crippen molar-refractivity contribution in [2.24, 2.45) is 0 Å². The molecule has 0 aromatic heterocycles. The van der Waals surface area contributed by atoms with Crippen LogP contribution in [0.15, 0.2) is 224 Å². The van der Waals surface area contributed by atoms with E-state index in [1.807, 2.05) is 0 Å². The lowest BCUT2D eigenvalue weighted by Crippen LogP contribution is -2.11. The van der Waals surface area contributed by atoms with Gasteiger partial charge in [-0.25, -0.2) is 0 Å². The molecular weight excluding hydrogens is 663 g/mol. The predicted molar refractivity (Wildman–Crippen MR) is 235 cm³/mol. The van der Waals surface area contributed by atoms with E-state index in [1.54, 1.807) is 0 Å². The Bertz CT molecular complexity index is 2940. The summed E-state index contributed by atoms with van der Waals surface area (Å²) in [5.74, 6) is 0. The van der Waals surface area contributed by atoms with Crippen LogP contribution < -0.4 is 4.90 Å². The summed E-state index contributed by atoms with van der Waals surface area (Å²) in [6.07, 6.45) is 0. The van der Waals surface area contributed by atoms with Crippen molar-refractivity contribution in [2.45, 2.75) is 0 Å². The van der Waals surface area contributed by atoms with Gasteiger partial charge in [0, 0.05) is 16.9 Å². The highest BCUT2D eigenvalue weighted by Crippen LogP contribution is 2.45. The molecule has 0 unspecified atom stereocenters. The van der Waals surface area contributed by atoms with E-state index in [2.05, 4.69) is 229 Å². The molecule has 0 saturated heterocycles. The molecule has 0 N–H and O–H groups in total. The minimum absolute atomic E-state index is 1.09. The summed E-state index contributed by atoms with van der Waals surface area (Å²) < 4.78 is 0. The molecule has 0 aliphatic rings. The van der Waals surface area contributed by atoms with Crippen molar-refractivity contribution in [3.8, 4) is 44.5 Å². The fourth-order valence-electron chi connectivity index (χ4n) is 8.08. The minimum Gasteiger partial charge on any atom is -0.310 e. The van der Waals surface area contributed by atoms with Crippen LogP contribution in [0.3, 0.4) is 0 Å². The van der Waals surface area contributed by atoms with Gasteiger partial charge in [-0.05, 0) is 108 Å². The van der Waals surface area contributed by atoms with Crippen LogP contribution >= 0.6 is 0 Å². The molecule has 0 bridgehead atoms. The molecule has 0 aliphatic heterocycles. The molecular formula is C54H37N. The zero-order valence-corrected chi connectivity index (χ0v) is 30.3. The van der Waals surface area contributed by atoms with Crippen LogP contribution in [0.5, 0.6) is 0 Å². The number of benzene rings is 10. The normalized spacial score (nSPS) is 11.3. The molecule has 0 amide bonds. The van der Waals surface area contributed by atoms with E-state index in [0.29, 0.717) is 0 Å². The van der Waals surface area contributed by atoms with Crippen molar-refractivity contribution in [2.75, 3.05) is 4.90 Å². The van der Waals surface area contributed by atoms with Gasteiger partial charge in [0.25, 0.3) is 0 Å². The molecule has 0 atom stereocenters. The first-order valence-corrected chi connectivity index (χ1v) is 18.9. The van der Waals surface area contributed by atoms with Crippen LogP contribution in [-0.2, 0) is 0 Å². The Hall–Kier alpha value is -7.22. The third kappa shape index (κ3) is 6.12. The van der Waals surface area contributed by atoms with Crippen molar-refractivity contribution in [3.63, 3.8) is 0 Å². The second kappa shape index (κ2) is 14.0. The monoisotopic (exact) mass is 699 g/mol. The number of hydrogen-bond donors (Lipinski definition) is 0. The number of fused-ring (bicyclic) bond motifs is 5. The summed E-state index contributed by atoms with van der Waals surface area (Å²) >= 11 is 0. The first kappa shape index (κ1) is 32.4. The second-order valence-corrected chi connectivity index (χ2v) is 14.1. The molecule has 0 spiro atoms. The quantitative estimate of drug-likeness (QED) is 0.150. The fourth-order valence-corrected chi connectivity index (χ4v) is 8.08. The highest BCUT2D eigenvalue weighted by Gasteiger charge is 2.20. The molecule has 1 nitrogen and oxygen atoms in total. The number of hydrogen-bond acceptors (Lipinski definition) is 1. The molecule has 10 rings (SSSR count). The largest absolute Gasteiger partial charge is 0.310 e. The van der Waals surface area contributed by atoms with E-state index < -0.39 is 0 Å². The van der Waals surface area contributed by atoms with Gasteiger partial charge in [0.15, 0.2) is 0 Å². The zero-order valence-electron chi connectivity index (χ0n) is 30.3. The van der Waals surface area contributed by atoms with Crippen molar-refractivity contribution in [3.05, 3.63) is 224 Å². The van der Waals surface area contributed by atoms with Crippen LogP contribution in [0, 0.1) is 0 Å². The van der Waals surface area contributed by atoms with Crippen LogP contribution in [-0.4, -0.2) is 0 Å². The SMILES string of the molecule is c1ccc(-c2ccc(N(c3cccc(-c4ccccc4)c3)c3cc(-c4ccccc4)ccc3-c3ccc4ccc5ccc6ccccc6c5c4c3)cc2)cc1. The predicted octanol–water partition coefficient (Wildman–Crippen LogP) is 15.3. The highest BCUT2D eigenvalue weighted by molar-refractivity contribution is 6.20. The summed E-state index contributed by atoms with van der Waals surface area (Å²) in [6, 6.07) is 81.6. The van der Waals surface area contributed by atoms with Gasteiger partial charge >= 0.3 is 0 Å². The van der Waals surface area contributed by atoms with Crippen molar-refractivity contribution in [1.82, 2.24) is 0 Å². The molecule has 0 radical (unpaired) electrons. The summed E-state index contributed by atoms with van der Waals surface area (Å²) in [4.78, 5) is 2.44. The first-order valence-electron chi connectivity index (χ1n) is 18.9. The maximum absolute atomic E-state index is 2.44. The van der Waals surface area contributed by atoms with E-state index in [9.17, 15) is 0 Å². The van der Waals surface area contributed by atoms with Gasteiger partial charge in [0.05, 0.1) is 5.69 Å². The Morgan fingerprint density at radius 1 is 0.255 bits per heavy atom. The molecule has 258 valence electrons. The molecule has 0 fully saturated rings. The second-order valence-electron chi connectivity index (χ2n) is 14.1. The van der Waals surface area contributed by atoms with Crippen LogP contribution in [0.1, 0.15) is 0 Å². The van der Waals surface area contributed by atoms with Crippen molar-refractivity contribution >= 4 is 49.4 Å². The summed E-state index contributed by atoms with van der Waals surface area (Å²) in [6.45, 7) is 0. The van der Waals surface area contributed by atoms with E-state index in [-0.39, 0.29) is 0 Å². The van der Waals surface area contributed by atoms with Gasteiger partial charge in [-0.2, -0.15) is 0 Å². The Labute approximate surface area is 322 Å². The Morgan fingerprint density at radius 3 is 1.44 bits per heavy atom. The Kier molecular flexibility index (Phi) is 8.24. The first-order chi connectivity index (χ1) is 27.3. The van der Waals surface area contributed by atoms with Crippen LogP contribution in [0.25, 0.3) is 76.8 Å². The van der Waals surface area contributed by atoms with Gasteiger partial charge in [-0.15, -0.1) is 0 Å². The lowest BCUT2D eigenvalue weighted by Gasteiger charge is -2.29. The molecule has 1 heteroatoms.